The van der Waals surface area contributed by atoms with Crippen LogP contribution in [0.5, 0.6) is 0 Å². The number of hydrogen-bond donors (Lipinski definition) is 1. The lowest BCUT2D eigenvalue weighted by Crippen LogP contribution is -2.55. The molecule has 0 aliphatic carbocycles. The molecule has 4 aromatic rings. The molecule has 50 heavy (non-hydrogen) atoms. The van der Waals surface area contributed by atoms with E-state index in [0.717, 1.165) is 24.2 Å². The maximum absolute atomic E-state index is 14.9. The number of rotatable bonds is 6. The minimum Gasteiger partial charge on any atom is -0.323 e. The first-order valence-electron chi connectivity index (χ1n) is 14.7. The Morgan fingerprint density at radius 2 is 1.12 bits per heavy atom. The molecule has 6 rings (SSSR count). The van der Waals surface area contributed by atoms with E-state index in [9.17, 15) is 50.3 Å². The number of anilines is 2. The number of alkyl halides is 6. The molecular weight excluding hydrogens is 668 g/mol. The van der Waals surface area contributed by atoms with Crippen LogP contribution in [0.25, 0.3) is 6.08 Å². The third-order valence-electron chi connectivity index (χ3n) is 8.59. The monoisotopic (exact) mass is 691 g/mol. The van der Waals surface area contributed by atoms with E-state index in [0.29, 0.717) is 40.1 Å². The second-order valence-corrected chi connectivity index (χ2v) is 11.7. The van der Waals surface area contributed by atoms with Gasteiger partial charge in [-0.2, -0.15) is 26.3 Å². The molecule has 0 saturated heterocycles. The van der Waals surface area contributed by atoms with Gasteiger partial charge in [-0.1, -0.05) is 42.0 Å². The average molecular weight is 692 g/mol. The molecule has 0 fully saturated rings. The van der Waals surface area contributed by atoms with Gasteiger partial charge in [0.25, 0.3) is 23.6 Å². The van der Waals surface area contributed by atoms with Gasteiger partial charge in [0.05, 0.1) is 27.9 Å². The Morgan fingerprint density at radius 3 is 1.66 bits per heavy atom. The van der Waals surface area contributed by atoms with Crippen molar-refractivity contribution >= 4 is 47.0 Å². The van der Waals surface area contributed by atoms with Gasteiger partial charge in [0.2, 0.25) is 11.3 Å². The highest BCUT2D eigenvalue weighted by atomic mass is 19.4. The van der Waals surface area contributed by atoms with E-state index in [1.807, 2.05) is 31.2 Å². The topological polar surface area (TPSA) is 104 Å². The Morgan fingerprint density at radius 1 is 0.640 bits per heavy atom. The molecule has 2 aliphatic heterocycles. The van der Waals surface area contributed by atoms with Crippen molar-refractivity contribution in [3.63, 3.8) is 0 Å². The molecule has 5 amide bonds. The van der Waals surface area contributed by atoms with Crippen LogP contribution >= 0.6 is 0 Å². The predicted molar refractivity (Wildman–Crippen MR) is 169 cm³/mol. The third-order valence-corrected chi connectivity index (χ3v) is 8.59. The van der Waals surface area contributed by atoms with Crippen LogP contribution in [0.4, 0.5) is 37.7 Å². The summed E-state index contributed by atoms with van der Waals surface area (Å²) in [6, 6.07) is 15.8. The SMILES string of the molecule is Cc1ccc(/C=C/C(=O)Nc2ccc(N3C(=O)c4ccc(C(c5ccc6c(c5)C(=O)N(C)C6=O)(C(F)(F)F)C(F)(F)F)cc4C3=O)cc2)cc1. The van der Waals surface area contributed by atoms with Crippen molar-refractivity contribution in [2.45, 2.75) is 24.7 Å². The molecule has 254 valence electrons. The molecule has 2 heterocycles. The number of aryl methyl sites for hydroxylation is 1. The molecule has 2 aliphatic rings. The highest BCUT2D eigenvalue weighted by molar-refractivity contribution is 6.34. The first-order chi connectivity index (χ1) is 23.5. The fraction of sp³-hybridized carbons (Fsp3) is 0.139. The van der Waals surface area contributed by atoms with Crippen molar-refractivity contribution < 1.29 is 50.3 Å². The van der Waals surface area contributed by atoms with E-state index < -0.39 is 75.1 Å². The summed E-state index contributed by atoms with van der Waals surface area (Å²) in [6.45, 7) is 1.92. The van der Waals surface area contributed by atoms with Crippen LogP contribution in [-0.4, -0.2) is 53.8 Å². The van der Waals surface area contributed by atoms with Gasteiger partial charge in [-0.05, 0) is 78.2 Å². The average Bonchev–Trinajstić information content (AvgIpc) is 3.43. The van der Waals surface area contributed by atoms with Gasteiger partial charge < -0.3 is 5.32 Å². The maximum Gasteiger partial charge on any atom is 0.411 e. The van der Waals surface area contributed by atoms with E-state index in [-0.39, 0.29) is 16.9 Å². The van der Waals surface area contributed by atoms with E-state index in [4.69, 9.17) is 0 Å². The van der Waals surface area contributed by atoms with Gasteiger partial charge in [0.15, 0.2) is 0 Å². The molecule has 14 heteroatoms. The number of carbonyl (C=O) groups excluding carboxylic acids is 5. The lowest BCUT2D eigenvalue weighted by atomic mass is 9.71. The molecule has 0 atom stereocenters. The zero-order valence-corrected chi connectivity index (χ0v) is 25.9. The summed E-state index contributed by atoms with van der Waals surface area (Å²) < 4.78 is 89.5. The van der Waals surface area contributed by atoms with Crippen molar-refractivity contribution in [1.82, 2.24) is 4.90 Å². The van der Waals surface area contributed by atoms with Gasteiger partial charge in [-0.25, -0.2) is 4.90 Å². The number of halogens is 6. The van der Waals surface area contributed by atoms with E-state index in [2.05, 4.69) is 5.32 Å². The number of imide groups is 2. The fourth-order valence-corrected chi connectivity index (χ4v) is 6.01. The molecular formula is C36H23F6N3O5. The summed E-state index contributed by atoms with van der Waals surface area (Å²) in [5.41, 5.74) is -7.73. The Hall–Kier alpha value is -6.05. The number of nitrogens with one attached hydrogen (secondary N) is 1. The standard InChI is InChI=1S/C36H23F6N3O5/c1-19-3-5-20(6-4-19)7-16-29(46)43-23-10-12-24(13-11-23)45-32(49)26-15-9-22(18-28(26)33(45)50)34(35(37,38)39,36(40,41)42)21-8-14-25-27(17-21)31(48)44(2)30(25)47/h3-18H,1-2H3,(H,43,46)/b16-7+. The number of hydrogen-bond acceptors (Lipinski definition) is 5. The first kappa shape index (κ1) is 33.8. The number of nitrogens with zero attached hydrogens (tertiary/aromatic N) is 2. The summed E-state index contributed by atoms with van der Waals surface area (Å²) in [5.74, 6) is -4.65. The van der Waals surface area contributed by atoms with Crippen LogP contribution in [0.1, 0.15) is 63.7 Å². The van der Waals surface area contributed by atoms with Gasteiger partial charge in [-0.3, -0.25) is 28.9 Å². The lowest BCUT2D eigenvalue weighted by Gasteiger charge is -2.38. The summed E-state index contributed by atoms with van der Waals surface area (Å²) in [5, 5.41) is 2.60. The molecule has 0 aromatic heterocycles. The van der Waals surface area contributed by atoms with E-state index in [1.165, 1.54) is 30.3 Å². The largest absolute Gasteiger partial charge is 0.411 e. The fourth-order valence-electron chi connectivity index (χ4n) is 6.01. The quantitative estimate of drug-likeness (QED) is 0.132. The molecule has 0 bridgehead atoms. The predicted octanol–water partition coefficient (Wildman–Crippen LogP) is 7.08. The Kier molecular flexibility index (Phi) is 8.00. The maximum atomic E-state index is 14.9. The molecule has 0 unspecified atom stereocenters. The summed E-state index contributed by atoms with van der Waals surface area (Å²) in [4.78, 5) is 65.1. The zero-order chi connectivity index (χ0) is 36.3. The van der Waals surface area contributed by atoms with Crippen LogP contribution < -0.4 is 10.2 Å². The minimum atomic E-state index is -6.08. The second kappa shape index (κ2) is 11.8. The number of fused-ring (bicyclic) bond motifs is 2. The molecule has 8 nitrogen and oxygen atoms in total. The van der Waals surface area contributed by atoms with Crippen molar-refractivity contribution in [2.75, 3.05) is 17.3 Å². The summed E-state index contributed by atoms with van der Waals surface area (Å²) in [6.07, 6.45) is -9.27. The molecule has 0 spiro atoms. The minimum absolute atomic E-state index is 0.0604. The second-order valence-electron chi connectivity index (χ2n) is 11.7. The van der Waals surface area contributed by atoms with E-state index >= 15 is 0 Å². The smallest absolute Gasteiger partial charge is 0.323 e. The van der Waals surface area contributed by atoms with Crippen LogP contribution in [0.15, 0.2) is 91.0 Å². The van der Waals surface area contributed by atoms with E-state index in [1.54, 1.807) is 6.08 Å². The van der Waals surface area contributed by atoms with Crippen LogP contribution in [0, 0.1) is 6.92 Å². The lowest BCUT2D eigenvalue weighted by molar-refractivity contribution is -0.288. The van der Waals surface area contributed by atoms with Crippen LogP contribution in [0.2, 0.25) is 0 Å². The van der Waals surface area contributed by atoms with Gasteiger partial charge >= 0.3 is 12.4 Å². The summed E-state index contributed by atoms with van der Waals surface area (Å²) in [7, 11) is 1.04. The first-order valence-corrected chi connectivity index (χ1v) is 14.7. The Balaban J connectivity index is 1.32. The van der Waals surface area contributed by atoms with Gasteiger partial charge in [0, 0.05) is 18.8 Å². The number of benzene rings is 4. The Labute approximate surface area is 279 Å². The van der Waals surface area contributed by atoms with Gasteiger partial charge in [0.1, 0.15) is 0 Å². The molecule has 4 aromatic carbocycles. The Bertz CT molecular complexity index is 2120. The highest BCUT2D eigenvalue weighted by Crippen LogP contribution is 2.57. The van der Waals surface area contributed by atoms with Crippen molar-refractivity contribution in [3.8, 4) is 0 Å². The third kappa shape index (κ3) is 5.32. The highest BCUT2D eigenvalue weighted by Gasteiger charge is 2.73. The van der Waals surface area contributed by atoms with Crippen LogP contribution in [-0.2, 0) is 10.2 Å². The normalized spacial score (nSPS) is 14.9. The van der Waals surface area contributed by atoms with Crippen molar-refractivity contribution in [3.05, 3.63) is 136 Å². The molecule has 0 radical (unpaired) electrons. The van der Waals surface area contributed by atoms with Crippen molar-refractivity contribution in [2.24, 2.45) is 0 Å². The van der Waals surface area contributed by atoms with Gasteiger partial charge in [-0.15, -0.1) is 0 Å². The molecule has 0 saturated carbocycles. The van der Waals surface area contributed by atoms with Crippen LogP contribution in [0.3, 0.4) is 0 Å². The van der Waals surface area contributed by atoms with Crippen molar-refractivity contribution in [1.29, 1.82) is 0 Å². The number of carbonyl (C=O) groups is 5. The molecule has 1 N–H and O–H groups in total. The number of amides is 5. The summed E-state index contributed by atoms with van der Waals surface area (Å²) >= 11 is 0. The zero-order valence-electron chi connectivity index (χ0n) is 25.9.